The van der Waals surface area contributed by atoms with Gasteiger partial charge in [0.25, 0.3) is 0 Å². The molecule has 0 bridgehead atoms. The number of fused-ring (bicyclic) bond motifs is 3. The van der Waals surface area contributed by atoms with Gasteiger partial charge < -0.3 is 85.3 Å². The van der Waals surface area contributed by atoms with Gasteiger partial charge in [0.1, 0.15) is 0 Å². The molecule has 0 spiro atoms. The molecule has 121 heavy (non-hydrogen) atoms. The van der Waals surface area contributed by atoms with Crippen molar-refractivity contribution in [3.63, 3.8) is 0 Å². The molecular formula is C95H129N25O. The van der Waals surface area contributed by atoms with E-state index in [-0.39, 0.29) is 60.3 Å². The first-order chi connectivity index (χ1) is 58.7. The number of nitrogens with one attached hydrogen (secondary N) is 7. The third-order valence-corrected chi connectivity index (χ3v) is 23.9. The van der Waals surface area contributed by atoms with E-state index in [1.165, 1.54) is 75.8 Å². The maximum Gasteiger partial charge on any atom is 0.227 e. The number of carbonyl (C=O) groups is 1. The number of amides is 1. The molecule has 4 atom stereocenters. The SMILES string of the molecule is CC(=O)NC1CCC(Nc2nc(NCc3ccc(-c4ccccc4)cc3)c3ncn(C(C)C)c3n2)CC1.CC(C)n1cnc2c(NCc3ccc(-c4ccccc4)cc3)nc(NC3CCC(N)CC3)nc21.CC(C)n1cnc2c(NCc3ccc(-c4ccccc4)cc3)nc(N[C@@H]3CCCC[C@@H]3N)nc21.NC1CCC(N)CC1.N[C@@H]1CCCC[C@@H]1N. The summed E-state index contributed by atoms with van der Waals surface area (Å²) in [5, 5.41) is 24.2. The van der Waals surface area contributed by atoms with Crippen molar-refractivity contribution in [3.8, 4) is 33.4 Å². The number of carbonyl (C=O) groups excluding carboxylic acids is 1. The van der Waals surface area contributed by atoms with Crippen molar-refractivity contribution < 1.29 is 4.79 Å². The van der Waals surface area contributed by atoms with Gasteiger partial charge in [-0.05, 0) is 194 Å². The smallest absolute Gasteiger partial charge is 0.227 e. The Labute approximate surface area is 713 Å². The predicted octanol–water partition coefficient (Wildman–Crippen LogP) is 16.7. The first-order valence-corrected chi connectivity index (χ1v) is 44.2. The summed E-state index contributed by atoms with van der Waals surface area (Å²) in [6.07, 6.45) is 27.3. The molecule has 640 valence electrons. The molecule has 5 saturated carbocycles. The number of rotatable bonds is 22. The van der Waals surface area contributed by atoms with Gasteiger partial charge in [-0.3, -0.25) is 4.79 Å². The average Bonchev–Trinajstić information content (AvgIpc) is 1.67. The van der Waals surface area contributed by atoms with E-state index in [0.29, 0.717) is 61.6 Å². The Morgan fingerprint density at radius 3 is 0.926 bits per heavy atom. The van der Waals surface area contributed by atoms with Crippen LogP contribution in [0.25, 0.3) is 66.9 Å². The third kappa shape index (κ3) is 24.7. The second-order valence-electron chi connectivity index (χ2n) is 34.3. The lowest BCUT2D eigenvalue weighted by Crippen LogP contribution is -2.43. The van der Waals surface area contributed by atoms with Gasteiger partial charge in [-0.1, -0.05) is 189 Å². The highest BCUT2D eigenvalue weighted by Crippen LogP contribution is 2.33. The van der Waals surface area contributed by atoms with E-state index in [9.17, 15) is 4.79 Å². The second kappa shape index (κ2) is 43.0. The molecule has 0 saturated heterocycles. The molecule has 5 aliphatic carbocycles. The average molecular weight is 1640 g/mol. The Balaban J connectivity index is 0.000000143. The zero-order valence-corrected chi connectivity index (χ0v) is 71.8. The van der Waals surface area contributed by atoms with Crippen LogP contribution in [0.5, 0.6) is 0 Å². The summed E-state index contributed by atoms with van der Waals surface area (Å²) in [6, 6.07) is 60.8. The monoisotopic (exact) mass is 1640 g/mol. The summed E-state index contributed by atoms with van der Waals surface area (Å²) in [4.78, 5) is 54.3. The number of nitrogens with two attached hydrogens (primary N) is 6. The number of imidazole rings is 3. The van der Waals surface area contributed by atoms with Crippen LogP contribution in [0, 0.1) is 0 Å². The molecule has 6 aromatic carbocycles. The van der Waals surface area contributed by atoms with Gasteiger partial charge in [-0.25, -0.2) is 15.0 Å². The summed E-state index contributed by atoms with van der Waals surface area (Å²) in [7, 11) is 0. The number of hydrogen-bond acceptors (Lipinski definition) is 22. The maximum atomic E-state index is 11.4. The minimum absolute atomic E-state index is 0.0394. The van der Waals surface area contributed by atoms with E-state index in [1.807, 2.05) is 37.2 Å². The molecule has 0 aliphatic heterocycles. The predicted molar refractivity (Wildman–Crippen MR) is 495 cm³/mol. The summed E-state index contributed by atoms with van der Waals surface area (Å²) >= 11 is 0. The van der Waals surface area contributed by atoms with Gasteiger partial charge in [0.2, 0.25) is 23.8 Å². The van der Waals surface area contributed by atoms with Crippen molar-refractivity contribution >= 4 is 74.7 Å². The van der Waals surface area contributed by atoms with E-state index in [2.05, 4.69) is 253 Å². The summed E-state index contributed by atoms with van der Waals surface area (Å²) < 4.78 is 6.26. The Bertz CT molecular complexity index is 5130. The fourth-order valence-corrected chi connectivity index (χ4v) is 16.5. The fourth-order valence-electron chi connectivity index (χ4n) is 16.5. The maximum absolute atomic E-state index is 11.4. The zero-order chi connectivity index (χ0) is 84.7. The lowest BCUT2D eigenvalue weighted by atomic mass is 9.91. The highest BCUT2D eigenvalue weighted by Gasteiger charge is 2.28. The lowest BCUT2D eigenvalue weighted by molar-refractivity contribution is -0.119. The Hall–Kier alpha value is -11.0. The van der Waals surface area contributed by atoms with E-state index in [1.54, 1.807) is 6.92 Å². The molecule has 0 unspecified atom stereocenters. The van der Waals surface area contributed by atoms with Gasteiger partial charge in [0.15, 0.2) is 50.9 Å². The van der Waals surface area contributed by atoms with Crippen LogP contribution in [0.15, 0.2) is 183 Å². The molecule has 5 fully saturated rings. The van der Waals surface area contributed by atoms with Crippen molar-refractivity contribution in [2.75, 3.05) is 31.9 Å². The Morgan fingerprint density at radius 1 is 0.339 bits per heavy atom. The van der Waals surface area contributed by atoms with E-state index < -0.39 is 0 Å². The van der Waals surface area contributed by atoms with Crippen LogP contribution in [0.1, 0.15) is 212 Å². The van der Waals surface area contributed by atoms with Crippen molar-refractivity contribution in [2.24, 2.45) is 34.4 Å². The zero-order valence-electron chi connectivity index (χ0n) is 71.8. The number of anilines is 6. The fraction of sp³-hybridized carbons (Fsp3) is 0.453. The molecule has 6 aromatic heterocycles. The molecule has 26 heteroatoms. The molecule has 19 N–H and O–H groups in total. The Morgan fingerprint density at radius 2 is 0.620 bits per heavy atom. The quantitative estimate of drug-likeness (QED) is 0.0300. The van der Waals surface area contributed by atoms with Crippen LogP contribution in [0.4, 0.5) is 35.3 Å². The summed E-state index contributed by atoms with van der Waals surface area (Å²) in [5.74, 6) is 4.13. The number of aromatic nitrogens is 12. The van der Waals surface area contributed by atoms with Crippen LogP contribution < -0.4 is 71.6 Å². The third-order valence-electron chi connectivity index (χ3n) is 23.9. The normalized spacial score (nSPS) is 21.0. The van der Waals surface area contributed by atoms with Crippen molar-refractivity contribution in [2.45, 2.75) is 275 Å². The van der Waals surface area contributed by atoms with Gasteiger partial charge in [-0.15, -0.1) is 0 Å². The van der Waals surface area contributed by atoms with Gasteiger partial charge >= 0.3 is 0 Å². The van der Waals surface area contributed by atoms with Crippen LogP contribution in [0.3, 0.4) is 0 Å². The lowest BCUT2D eigenvalue weighted by Gasteiger charge is -2.29. The highest BCUT2D eigenvalue weighted by atomic mass is 16.1. The van der Waals surface area contributed by atoms with Crippen LogP contribution >= 0.6 is 0 Å². The van der Waals surface area contributed by atoms with Crippen LogP contribution in [-0.2, 0) is 24.4 Å². The minimum Gasteiger partial charge on any atom is -0.364 e. The largest absolute Gasteiger partial charge is 0.364 e. The molecule has 1 amide bonds. The molecule has 0 radical (unpaired) electrons. The van der Waals surface area contributed by atoms with Crippen molar-refractivity contribution in [3.05, 3.63) is 199 Å². The van der Waals surface area contributed by atoms with E-state index >= 15 is 0 Å². The van der Waals surface area contributed by atoms with Crippen molar-refractivity contribution in [1.82, 2.24) is 63.9 Å². The Kier molecular flexibility index (Phi) is 31.2. The minimum atomic E-state index is 0.0394. The van der Waals surface area contributed by atoms with Gasteiger partial charge in [0.05, 0.1) is 19.0 Å². The molecule has 26 nitrogen and oxygen atoms in total. The molecule has 6 heterocycles. The summed E-state index contributed by atoms with van der Waals surface area (Å²) in [6.45, 7) is 16.3. The number of hydrogen-bond donors (Lipinski definition) is 13. The molecule has 12 aromatic rings. The van der Waals surface area contributed by atoms with Gasteiger partial charge in [0, 0.05) is 105 Å². The number of benzene rings is 6. The summed E-state index contributed by atoms with van der Waals surface area (Å²) in [5.41, 5.74) is 50.7. The molecule has 5 aliphatic rings. The van der Waals surface area contributed by atoms with Crippen LogP contribution in [0.2, 0.25) is 0 Å². The first kappa shape index (κ1) is 87.8. The van der Waals surface area contributed by atoms with Crippen molar-refractivity contribution in [1.29, 1.82) is 0 Å². The number of nitrogens with zero attached hydrogens (tertiary/aromatic N) is 12. The molecule has 17 rings (SSSR count). The highest BCUT2D eigenvalue weighted by molar-refractivity contribution is 5.86. The van der Waals surface area contributed by atoms with E-state index in [4.69, 9.17) is 64.3 Å². The van der Waals surface area contributed by atoms with E-state index in [0.717, 1.165) is 154 Å². The van der Waals surface area contributed by atoms with Gasteiger partial charge in [-0.2, -0.15) is 29.9 Å². The van der Waals surface area contributed by atoms with Crippen LogP contribution in [-0.4, -0.2) is 125 Å². The second-order valence-corrected chi connectivity index (χ2v) is 34.3. The topological polar surface area (TPSA) is 388 Å². The molecular weight excluding hydrogens is 1510 g/mol. The standard InChI is InChI=1S/C29H35N7O.2C27H33N7.2C6H14N2/c1-19(2)36-18-31-26-27(30-17-21-9-11-23(12-10-21)22-7-5-4-6-8-22)34-29(35-28(26)36)33-25-15-13-24(14-16-25)32-20(3)37;1-18(2)34-17-30-24-25(32-27(33-26(24)34)31-23-11-7-6-10-22(23)28)29-16-19-12-14-21(15-13-19)20-8-4-3-5-9-20;1-18(2)34-17-30-24-25(32-27(33-26(24)34)31-23-14-12-22(28)13-15-23)29-16-19-8-10-21(11-9-19)20-6-4-3-5-7-20;7-5-1-2-6(8)4-3-5;7-5-3-1-2-4-6(5)8/h4-12,18-19,24-25H,13-17H2,1-3H3,(H,32,37)(H2,30,33,34,35);3-5,8-9,12-15,17-18,22-23H,6-7,10-11,16,28H2,1-2H3,(H2,29,31,32,33);3-11,17-18,22-23H,12-16,28H2,1-2H3,(H2,29,31,32,33);2*5-6H,1-4,7-8H2/t;22-,23+;;;5-,6+/m.0.../s1. The first-order valence-electron chi connectivity index (χ1n) is 44.2.